The molecular weight excluding hydrogens is 410 g/mol. The van der Waals surface area contributed by atoms with Crippen LogP contribution in [0.5, 0.6) is 5.75 Å². The van der Waals surface area contributed by atoms with E-state index in [4.69, 9.17) is 13.9 Å². The molecule has 32 heavy (non-hydrogen) atoms. The van der Waals surface area contributed by atoms with Gasteiger partial charge in [-0.3, -0.25) is 4.79 Å². The number of rotatable bonds is 5. The lowest BCUT2D eigenvalue weighted by Crippen LogP contribution is -2.45. The SMILES string of the molecule is COc1ccc(N2CCOCC2)c2cc(C(=O)NC3CCN(c4ncccn4)CC3)oc12. The van der Waals surface area contributed by atoms with Gasteiger partial charge in [-0.15, -0.1) is 0 Å². The van der Waals surface area contributed by atoms with Crippen molar-refractivity contribution in [3.8, 4) is 5.75 Å². The van der Waals surface area contributed by atoms with Gasteiger partial charge in [0.1, 0.15) is 0 Å². The van der Waals surface area contributed by atoms with E-state index >= 15 is 0 Å². The molecule has 1 N–H and O–H groups in total. The Morgan fingerprint density at radius 2 is 1.84 bits per heavy atom. The molecule has 168 valence electrons. The highest BCUT2D eigenvalue weighted by Gasteiger charge is 2.25. The van der Waals surface area contributed by atoms with Crippen LogP contribution in [0.1, 0.15) is 23.4 Å². The smallest absolute Gasteiger partial charge is 0.287 e. The van der Waals surface area contributed by atoms with E-state index in [-0.39, 0.29) is 11.9 Å². The Morgan fingerprint density at radius 1 is 1.09 bits per heavy atom. The van der Waals surface area contributed by atoms with Crippen molar-refractivity contribution in [2.45, 2.75) is 18.9 Å². The van der Waals surface area contributed by atoms with Crippen molar-refractivity contribution in [2.24, 2.45) is 0 Å². The average Bonchev–Trinajstić information content (AvgIpc) is 3.31. The minimum absolute atomic E-state index is 0.0799. The van der Waals surface area contributed by atoms with Gasteiger partial charge in [-0.2, -0.15) is 0 Å². The zero-order valence-corrected chi connectivity index (χ0v) is 18.1. The van der Waals surface area contributed by atoms with Gasteiger partial charge in [-0.1, -0.05) is 0 Å². The third kappa shape index (κ3) is 4.08. The summed E-state index contributed by atoms with van der Waals surface area (Å²) in [5.74, 6) is 1.45. The lowest BCUT2D eigenvalue weighted by atomic mass is 10.1. The molecule has 0 atom stereocenters. The Labute approximate surface area is 186 Å². The normalized spacial score (nSPS) is 17.5. The summed E-state index contributed by atoms with van der Waals surface area (Å²) in [6, 6.07) is 7.62. The van der Waals surface area contributed by atoms with Gasteiger partial charge in [0.2, 0.25) is 5.95 Å². The molecule has 0 saturated carbocycles. The van der Waals surface area contributed by atoms with Crippen LogP contribution in [0, 0.1) is 0 Å². The van der Waals surface area contributed by atoms with Crippen LogP contribution in [0.25, 0.3) is 11.0 Å². The van der Waals surface area contributed by atoms with Crippen molar-refractivity contribution < 1.29 is 18.7 Å². The first-order valence-corrected chi connectivity index (χ1v) is 11.0. The number of morpholine rings is 1. The number of hydrogen-bond acceptors (Lipinski definition) is 8. The summed E-state index contributed by atoms with van der Waals surface area (Å²) in [6.45, 7) is 4.57. The minimum Gasteiger partial charge on any atom is -0.493 e. The number of fused-ring (bicyclic) bond motifs is 1. The number of carbonyl (C=O) groups is 1. The molecule has 4 heterocycles. The predicted octanol–water partition coefficient (Wildman–Crippen LogP) is 2.47. The number of aromatic nitrogens is 2. The van der Waals surface area contributed by atoms with E-state index in [9.17, 15) is 4.79 Å². The van der Waals surface area contributed by atoms with E-state index in [1.54, 1.807) is 19.5 Å². The lowest BCUT2D eigenvalue weighted by Gasteiger charge is -2.32. The quantitative estimate of drug-likeness (QED) is 0.651. The number of furan rings is 1. The summed E-state index contributed by atoms with van der Waals surface area (Å²) in [7, 11) is 1.61. The van der Waals surface area contributed by atoms with Crippen LogP contribution < -0.4 is 19.9 Å². The summed E-state index contributed by atoms with van der Waals surface area (Å²) in [5, 5.41) is 4.01. The molecule has 3 aromatic rings. The van der Waals surface area contributed by atoms with Gasteiger partial charge < -0.3 is 29.0 Å². The predicted molar refractivity (Wildman–Crippen MR) is 121 cm³/mol. The maximum atomic E-state index is 13.0. The number of amides is 1. The van der Waals surface area contributed by atoms with Crippen LogP contribution in [0.4, 0.5) is 11.6 Å². The van der Waals surface area contributed by atoms with Gasteiger partial charge >= 0.3 is 0 Å². The number of ether oxygens (including phenoxy) is 2. The Morgan fingerprint density at radius 3 is 2.56 bits per heavy atom. The molecule has 0 radical (unpaired) electrons. The Hall–Kier alpha value is -3.33. The molecule has 0 aliphatic carbocycles. The molecule has 1 amide bonds. The molecule has 2 aliphatic heterocycles. The van der Waals surface area contributed by atoms with Gasteiger partial charge in [-0.05, 0) is 37.1 Å². The van der Waals surface area contributed by atoms with Crippen molar-refractivity contribution in [1.29, 1.82) is 0 Å². The van der Waals surface area contributed by atoms with Crippen LogP contribution >= 0.6 is 0 Å². The Balaban J connectivity index is 1.30. The van der Waals surface area contributed by atoms with E-state index < -0.39 is 0 Å². The average molecular weight is 438 g/mol. The van der Waals surface area contributed by atoms with Crippen molar-refractivity contribution in [3.63, 3.8) is 0 Å². The third-order valence-electron chi connectivity index (χ3n) is 6.09. The van der Waals surface area contributed by atoms with E-state index in [1.807, 2.05) is 24.3 Å². The number of hydrogen-bond donors (Lipinski definition) is 1. The van der Waals surface area contributed by atoms with E-state index in [0.29, 0.717) is 30.3 Å². The first-order chi connectivity index (χ1) is 15.7. The fraction of sp³-hybridized carbons (Fsp3) is 0.435. The van der Waals surface area contributed by atoms with Gasteiger partial charge in [0.25, 0.3) is 5.91 Å². The van der Waals surface area contributed by atoms with Gasteiger partial charge in [0, 0.05) is 55.7 Å². The standard InChI is InChI=1S/C23H27N5O4/c1-30-19-4-3-18(27-11-13-31-14-12-27)17-15-20(32-21(17)19)22(29)26-16-5-9-28(10-6-16)23-24-7-2-8-25-23/h2-4,7-8,15-16H,5-6,9-14H2,1H3,(H,26,29). The van der Waals surface area contributed by atoms with Crippen LogP contribution in [0.3, 0.4) is 0 Å². The monoisotopic (exact) mass is 437 g/mol. The zero-order valence-electron chi connectivity index (χ0n) is 18.1. The number of anilines is 2. The number of piperidine rings is 1. The van der Waals surface area contributed by atoms with E-state index in [2.05, 4.69) is 25.1 Å². The van der Waals surface area contributed by atoms with Crippen LogP contribution in [-0.2, 0) is 4.74 Å². The fourth-order valence-electron chi connectivity index (χ4n) is 4.37. The summed E-state index contributed by atoms with van der Waals surface area (Å²) in [5.41, 5.74) is 1.63. The van der Waals surface area contributed by atoms with Crippen LogP contribution in [-0.4, -0.2) is 68.4 Å². The largest absolute Gasteiger partial charge is 0.493 e. The molecule has 5 rings (SSSR count). The molecule has 2 saturated heterocycles. The molecule has 1 aromatic carbocycles. The number of nitrogens with one attached hydrogen (secondary N) is 1. The maximum absolute atomic E-state index is 13.0. The van der Waals surface area contributed by atoms with Crippen molar-refractivity contribution in [3.05, 3.63) is 42.4 Å². The fourth-order valence-corrected chi connectivity index (χ4v) is 4.37. The molecule has 0 spiro atoms. The summed E-state index contributed by atoms with van der Waals surface area (Å²) >= 11 is 0. The summed E-state index contributed by atoms with van der Waals surface area (Å²) in [4.78, 5) is 26.0. The van der Waals surface area contributed by atoms with Crippen LogP contribution in [0.15, 0.2) is 41.1 Å². The Bertz CT molecular complexity index is 1070. The van der Waals surface area contributed by atoms with Crippen molar-refractivity contribution in [2.75, 3.05) is 56.3 Å². The molecule has 2 aliphatic rings. The maximum Gasteiger partial charge on any atom is 0.287 e. The number of methoxy groups -OCH3 is 1. The number of nitrogens with zero attached hydrogens (tertiary/aromatic N) is 4. The second kappa shape index (κ2) is 9.04. The highest BCUT2D eigenvalue weighted by atomic mass is 16.5. The molecule has 0 bridgehead atoms. The molecule has 2 aromatic heterocycles. The highest BCUT2D eigenvalue weighted by molar-refractivity contribution is 6.02. The highest BCUT2D eigenvalue weighted by Crippen LogP contribution is 2.36. The second-order valence-corrected chi connectivity index (χ2v) is 8.02. The first kappa shape index (κ1) is 20.6. The summed E-state index contributed by atoms with van der Waals surface area (Å²) < 4.78 is 16.9. The molecular formula is C23H27N5O4. The van der Waals surface area contributed by atoms with Gasteiger partial charge in [-0.25, -0.2) is 9.97 Å². The van der Waals surface area contributed by atoms with Crippen molar-refractivity contribution in [1.82, 2.24) is 15.3 Å². The zero-order chi connectivity index (χ0) is 21.9. The molecule has 2 fully saturated rings. The topological polar surface area (TPSA) is 93.0 Å². The van der Waals surface area contributed by atoms with Crippen LogP contribution in [0.2, 0.25) is 0 Å². The molecule has 9 nitrogen and oxygen atoms in total. The van der Waals surface area contributed by atoms with E-state index in [1.165, 1.54) is 0 Å². The van der Waals surface area contributed by atoms with E-state index in [0.717, 1.165) is 56.0 Å². The second-order valence-electron chi connectivity index (χ2n) is 8.02. The minimum atomic E-state index is -0.203. The van der Waals surface area contributed by atoms with Gasteiger partial charge in [0.15, 0.2) is 17.1 Å². The van der Waals surface area contributed by atoms with Crippen molar-refractivity contribution >= 4 is 28.5 Å². The number of carbonyl (C=O) groups excluding carboxylic acids is 1. The molecule has 0 unspecified atom stereocenters. The summed E-state index contributed by atoms with van der Waals surface area (Å²) in [6.07, 6.45) is 5.15. The molecule has 9 heteroatoms. The number of benzene rings is 1. The lowest BCUT2D eigenvalue weighted by molar-refractivity contribution is 0.0905. The first-order valence-electron chi connectivity index (χ1n) is 11.0. The Kier molecular flexibility index (Phi) is 5.81. The van der Waals surface area contributed by atoms with Gasteiger partial charge in [0.05, 0.1) is 20.3 Å². The third-order valence-corrected chi connectivity index (χ3v) is 6.09.